The Kier molecular flexibility index (Phi) is 3.85. The molecule has 0 saturated heterocycles. The molecule has 0 aromatic carbocycles. The van der Waals surface area contributed by atoms with E-state index < -0.39 is 0 Å². The predicted molar refractivity (Wildman–Crippen MR) is 71.0 cm³/mol. The zero-order valence-electron chi connectivity index (χ0n) is 9.18. The molecule has 0 radical (unpaired) electrons. The van der Waals surface area contributed by atoms with Crippen LogP contribution in [-0.4, -0.2) is 22.5 Å². The third-order valence-corrected chi connectivity index (χ3v) is 3.45. The first kappa shape index (κ1) is 11.5. The summed E-state index contributed by atoms with van der Waals surface area (Å²) in [4.78, 5) is 8.64. The molecule has 2 aromatic heterocycles. The molecule has 0 fully saturated rings. The van der Waals surface area contributed by atoms with Crippen LogP contribution in [-0.2, 0) is 0 Å². The zero-order valence-corrected chi connectivity index (χ0v) is 10.8. The highest BCUT2D eigenvalue weighted by Crippen LogP contribution is 2.26. The Labute approximate surface area is 104 Å². The van der Waals surface area contributed by atoms with E-state index >= 15 is 0 Å². The molecule has 0 unspecified atom stereocenters. The maximum absolute atomic E-state index is 4.50. The molecule has 4 heteroatoms. The maximum Gasteiger partial charge on any atom is 0.0977 e. The topological polar surface area (TPSA) is 25.8 Å². The van der Waals surface area contributed by atoms with Gasteiger partial charge in [-0.05, 0) is 36.3 Å². The molecular formula is C12H12N2S2. The second kappa shape index (κ2) is 5.37. The fraction of sp³-hybridized carbons (Fsp3) is 0.167. The van der Waals surface area contributed by atoms with Crippen LogP contribution in [0.2, 0.25) is 0 Å². The third kappa shape index (κ3) is 2.57. The van der Waals surface area contributed by atoms with Crippen molar-refractivity contribution in [1.82, 2.24) is 9.97 Å². The summed E-state index contributed by atoms with van der Waals surface area (Å²) in [5, 5.41) is 2.09. The minimum Gasteiger partial charge on any atom is -0.264 e. The van der Waals surface area contributed by atoms with E-state index in [2.05, 4.69) is 28.2 Å². The summed E-state index contributed by atoms with van der Waals surface area (Å²) in [6, 6.07) is 8.21. The van der Waals surface area contributed by atoms with Gasteiger partial charge in [-0.15, -0.1) is 23.5 Å². The Morgan fingerprint density at radius 2 is 1.69 bits per heavy atom. The number of aromatic nitrogens is 2. The zero-order chi connectivity index (χ0) is 11.4. The van der Waals surface area contributed by atoms with Gasteiger partial charge >= 0.3 is 0 Å². The molecule has 0 aliphatic rings. The van der Waals surface area contributed by atoms with Crippen LogP contribution in [0.25, 0.3) is 11.1 Å². The number of thioether (sulfide) groups is 2. The van der Waals surface area contributed by atoms with Gasteiger partial charge in [0.2, 0.25) is 0 Å². The van der Waals surface area contributed by atoms with Crippen molar-refractivity contribution in [3.8, 4) is 11.1 Å². The van der Waals surface area contributed by atoms with Crippen molar-refractivity contribution < 1.29 is 0 Å². The molecule has 2 heterocycles. The first-order valence-electron chi connectivity index (χ1n) is 4.84. The lowest BCUT2D eigenvalue weighted by molar-refractivity contribution is 1.01. The lowest BCUT2D eigenvalue weighted by Crippen LogP contribution is -1.86. The molecule has 16 heavy (non-hydrogen) atoms. The van der Waals surface area contributed by atoms with Crippen LogP contribution >= 0.6 is 23.5 Å². The van der Waals surface area contributed by atoms with Gasteiger partial charge in [-0.25, -0.2) is 4.98 Å². The van der Waals surface area contributed by atoms with Crippen molar-refractivity contribution in [2.45, 2.75) is 10.1 Å². The summed E-state index contributed by atoms with van der Waals surface area (Å²) in [6.07, 6.45) is 7.75. The van der Waals surface area contributed by atoms with Crippen molar-refractivity contribution in [3.05, 3.63) is 36.7 Å². The van der Waals surface area contributed by atoms with Crippen molar-refractivity contribution in [3.63, 3.8) is 0 Å². The minimum absolute atomic E-state index is 1.05. The number of rotatable bonds is 3. The van der Waals surface area contributed by atoms with Gasteiger partial charge in [0.05, 0.1) is 10.1 Å². The van der Waals surface area contributed by atoms with E-state index in [1.54, 1.807) is 29.7 Å². The quantitative estimate of drug-likeness (QED) is 0.775. The van der Waals surface area contributed by atoms with Gasteiger partial charge in [-0.3, -0.25) is 4.98 Å². The van der Waals surface area contributed by atoms with Crippen molar-refractivity contribution in [2.24, 2.45) is 0 Å². The summed E-state index contributed by atoms with van der Waals surface area (Å²) < 4.78 is 0. The van der Waals surface area contributed by atoms with E-state index in [4.69, 9.17) is 0 Å². The summed E-state index contributed by atoms with van der Waals surface area (Å²) in [7, 11) is 0. The Hall–Kier alpha value is -1.00. The Morgan fingerprint density at radius 1 is 1.00 bits per heavy atom. The number of pyridine rings is 2. The molecular weight excluding hydrogens is 236 g/mol. The van der Waals surface area contributed by atoms with Crippen LogP contribution in [0, 0.1) is 0 Å². The van der Waals surface area contributed by atoms with E-state index in [9.17, 15) is 0 Å². The van der Waals surface area contributed by atoms with Crippen molar-refractivity contribution in [2.75, 3.05) is 12.5 Å². The lowest BCUT2D eigenvalue weighted by Gasteiger charge is -2.05. The molecule has 0 atom stereocenters. The molecule has 2 nitrogen and oxygen atoms in total. The van der Waals surface area contributed by atoms with Gasteiger partial charge in [0.1, 0.15) is 0 Å². The standard InChI is InChI=1S/C12H12N2S2/c1-15-11-6-10(7-12(14-11)16-2)9-4-3-5-13-8-9/h3-8H,1-2H3. The molecule has 0 bridgehead atoms. The van der Waals surface area contributed by atoms with Crippen molar-refractivity contribution in [1.29, 1.82) is 0 Å². The average molecular weight is 248 g/mol. The van der Waals surface area contributed by atoms with E-state index in [1.165, 1.54) is 5.56 Å². The van der Waals surface area contributed by atoms with E-state index in [-0.39, 0.29) is 0 Å². The van der Waals surface area contributed by atoms with Crippen LogP contribution in [0.3, 0.4) is 0 Å². The molecule has 0 aliphatic heterocycles. The molecule has 2 rings (SSSR count). The maximum atomic E-state index is 4.50. The van der Waals surface area contributed by atoms with Crippen molar-refractivity contribution >= 4 is 23.5 Å². The van der Waals surface area contributed by atoms with E-state index in [0.717, 1.165) is 15.6 Å². The average Bonchev–Trinajstić information content (AvgIpc) is 2.39. The highest BCUT2D eigenvalue weighted by atomic mass is 32.2. The van der Waals surface area contributed by atoms with Crippen LogP contribution in [0.1, 0.15) is 0 Å². The van der Waals surface area contributed by atoms with Gasteiger partial charge in [-0.2, -0.15) is 0 Å². The number of hydrogen-bond acceptors (Lipinski definition) is 4. The van der Waals surface area contributed by atoms with Crippen LogP contribution in [0.5, 0.6) is 0 Å². The highest BCUT2D eigenvalue weighted by Gasteiger charge is 2.03. The Balaban J connectivity index is 2.48. The summed E-state index contributed by atoms with van der Waals surface area (Å²) in [6.45, 7) is 0. The number of hydrogen-bond donors (Lipinski definition) is 0. The SMILES string of the molecule is CSc1cc(-c2cccnc2)cc(SC)n1. The highest BCUT2D eigenvalue weighted by molar-refractivity contribution is 7.99. The second-order valence-electron chi connectivity index (χ2n) is 3.18. The molecule has 82 valence electrons. The summed E-state index contributed by atoms with van der Waals surface area (Å²) in [5.74, 6) is 0. The molecule has 0 spiro atoms. The van der Waals surface area contributed by atoms with Crippen LogP contribution < -0.4 is 0 Å². The van der Waals surface area contributed by atoms with Gasteiger partial charge < -0.3 is 0 Å². The molecule has 0 saturated carbocycles. The lowest BCUT2D eigenvalue weighted by atomic mass is 10.1. The largest absolute Gasteiger partial charge is 0.264 e. The first-order valence-corrected chi connectivity index (χ1v) is 7.29. The second-order valence-corrected chi connectivity index (χ2v) is 4.84. The first-order chi connectivity index (χ1) is 7.83. The van der Waals surface area contributed by atoms with Crippen LogP contribution in [0.15, 0.2) is 46.7 Å². The summed E-state index contributed by atoms with van der Waals surface area (Å²) >= 11 is 3.32. The molecule has 0 aliphatic carbocycles. The smallest absolute Gasteiger partial charge is 0.0977 e. The normalized spacial score (nSPS) is 10.4. The van der Waals surface area contributed by atoms with E-state index in [0.29, 0.717) is 0 Å². The molecule has 0 amide bonds. The Morgan fingerprint density at radius 3 is 2.19 bits per heavy atom. The predicted octanol–water partition coefficient (Wildman–Crippen LogP) is 3.59. The van der Waals surface area contributed by atoms with Gasteiger partial charge in [-0.1, -0.05) is 6.07 Å². The number of nitrogens with zero attached hydrogens (tertiary/aromatic N) is 2. The fourth-order valence-electron chi connectivity index (χ4n) is 1.39. The molecule has 0 N–H and O–H groups in total. The minimum atomic E-state index is 1.05. The Bertz CT molecular complexity index is 449. The van der Waals surface area contributed by atoms with E-state index in [1.807, 2.05) is 24.8 Å². The van der Waals surface area contributed by atoms with Gasteiger partial charge in [0.15, 0.2) is 0 Å². The van der Waals surface area contributed by atoms with Gasteiger partial charge in [0, 0.05) is 18.0 Å². The molecule has 2 aromatic rings. The summed E-state index contributed by atoms with van der Waals surface area (Å²) in [5.41, 5.74) is 2.31. The fourth-order valence-corrected chi connectivity index (χ4v) is 2.32. The van der Waals surface area contributed by atoms with Gasteiger partial charge in [0.25, 0.3) is 0 Å². The van der Waals surface area contributed by atoms with Crippen LogP contribution in [0.4, 0.5) is 0 Å². The third-order valence-electron chi connectivity index (χ3n) is 2.19. The monoisotopic (exact) mass is 248 g/mol.